The second-order valence-electron chi connectivity index (χ2n) is 8.49. The van der Waals surface area contributed by atoms with Gasteiger partial charge in [0.15, 0.2) is 5.96 Å². The maximum Gasteiger partial charge on any atom is 0.289 e. The van der Waals surface area contributed by atoms with Crippen molar-refractivity contribution in [3.05, 3.63) is 29.6 Å². The molecule has 2 aromatic rings. The normalized spacial score (nSPS) is 18.7. The molecule has 1 heterocycles. The minimum Gasteiger partial charge on any atom is -0.370 e. The van der Waals surface area contributed by atoms with Crippen LogP contribution in [0.5, 0.6) is 0 Å². The molecule has 1 saturated carbocycles. The number of nitrogens with one attached hydrogen (secondary N) is 2. The zero-order valence-corrected chi connectivity index (χ0v) is 18.7. The van der Waals surface area contributed by atoms with E-state index in [4.69, 9.17) is 11.5 Å². The molecule has 9 heteroatoms. The third-order valence-electron chi connectivity index (χ3n) is 5.49. The summed E-state index contributed by atoms with van der Waals surface area (Å²) >= 11 is 0. The van der Waals surface area contributed by atoms with Crippen molar-refractivity contribution in [3.8, 4) is 0 Å². The Morgan fingerprint density at radius 3 is 2.74 bits per heavy atom. The third kappa shape index (κ3) is 6.27. The average molecular weight is 427 g/mol. The molecule has 0 aliphatic heterocycles. The molecule has 31 heavy (non-hydrogen) atoms. The summed E-state index contributed by atoms with van der Waals surface area (Å²) in [5.74, 6) is 0.640. The van der Waals surface area contributed by atoms with Crippen molar-refractivity contribution in [1.29, 1.82) is 0 Å². The van der Waals surface area contributed by atoms with Crippen LogP contribution in [0.25, 0.3) is 10.9 Å². The van der Waals surface area contributed by atoms with Gasteiger partial charge in [-0.1, -0.05) is 24.5 Å². The van der Waals surface area contributed by atoms with E-state index in [-0.39, 0.29) is 29.8 Å². The zero-order valence-electron chi connectivity index (χ0n) is 18.7. The summed E-state index contributed by atoms with van der Waals surface area (Å²) in [4.78, 5) is 28.3. The smallest absolute Gasteiger partial charge is 0.289 e. The Morgan fingerprint density at radius 1 is 1.23 bits per heavy atom. The highest BCUT2D eigenvalue weighted by molar-refractivity contribution is 5.96. The van der Waals surface area contributed by atoms with Crippen molar-refractivity contribution in [2.45, 2.75) is 51.1 Å². The lowest BCUT2D eigenvalue weighted by Gasteiger charge is -2.30. The van der Waals surface area contributed by atoms with Crippen LogP contribution in [-0.4, -0.2) is 66.0 Å². The quantitative estimate of drug-likeness (QED) is 0.286. The molecule has 168 valence electrons. The molecule has 3 rings (SSSR count). The maximum absolute atomic E-state index is 12.7. The predicted octanol–water partition coefficient (Wildman–Crippen LogP) is 1.62. The number of hydrogen-bond donors (Lipinski definition) is 4. The molecule has 1 aliphatic rings. The summed E-state index contributed by atoms with van der Waals surface area (Å²) in [5, 5.41) is 7.34. The van der Waals surface area contributed by atoms with Crippen LogP contribution in [0.15, 0.2) is 23.2 Å². The second-order valence-corrected chi connectivity index (χ2v) is 8.49. The molecule has 1 amide bonds. The van der Waals surface area contributed by atoms with Crippen molar-refractivity contribution in [2.24, 2.45) is 16.5 Å². The molecule has 1 aromatic heterocycles. The SMILES string of the molecule is Cc1ccc2nc(C(=O)NCCCN(C)C)nc(NC3CCCCC3N=C(N)N)c2c1. The number of carbonyl (C=O) groups is 1. The van der Waals surface area contributed by atoms with Gasteiger partial charge in [-0.15, -0.1) is 0 Å². The fourth-order valence-corrected chi connectivity index (χ4v) is 3.93. The van der Waals surface area contributed by atoms with Crippen molar-refractivity contribution >= 4 is 28.6 Å². The Labute approximate surface area is 183 Å². The second kappa shape index (κ2) is 10.4. The largest absolute Gasteiger partial charge is 0.370 e. The molecule has 0 spiro atoms. The van der Waals surface area contributed by atoms with Gasteiger partial charge >= 0.3 is 0 Å². The Morgan fingerprint density at radius 2 is 2.00 bits per heavy atom. The van der Waals surface area contributed by atoms with Crippen molar-refractivity contribution in [1.82, 2.24) is 20.2 Å². The van der Waals surface area contributed by atoms with E-state index >= 15 is 0 Å². The number of hydrogen-bond acceptors (Lipinski definition) is 6. The number of anilines is 1. The fraction of sp³-hybridized carbons (Fsp3) is 0.545. The van der Waals surface area contributed by atoms with E-state index in [1.807, 2.05) is 39.2 Å². The first-order chi connectivity index (χ1) is 14.8. The lowest BCUT2D eigenvalue weighted by Crippen LogP contribution is -2.38. The molecule has 6 N–H and O–H groups in total. The summed E-state index contributed by atoms with van der Waals surface area (Å²) in [6.45, 7) is 3.50. The van der Waals surface area contributed by atoms with Crippen LogP contribution < -0.4 is 22.1 Å². The highest BCUT2D eigenvalue weighted by atomic mass is 16.2. The van der Waals surface area contributed by atoms with Gasteiger partial charge in [0, 0.05) is 11.9 Å². The van der Waals surface area contributed by atoms with E-state index in [0.29, 0.717) is 12.4 Å². The van der Waals surface area contributed by atoms with Crippen LogP contribution in [0, 0.1) is 6.92 Å². The molecule has 2 unspecified atom stereocenters. The summed E-state index contributed by atoms with van der Waals surface area (Å²) in [6.07, 6.45) is 4.89. The van der Waals surface area contributed by atoms with Crippen LogP contribution in [0.3, 0.4) is 0 Å². The molecular weight excluding hydrogens is 392 g/mol. The Balaban J connectivity index is 1.87. The van der Waals surface area contributed by atoms with Crippen LogP contribution in [0.4, 0.5) is 5.82 Å². The highest BCUT2D eigenvalue weighted by Gasteiger charge is 2.26. The summed E-state index contributed by atoms with van der Waals surface area (Å²) in [6, 6.07) is 5.98. The van der Waals surface area contributed by atoms with Crippen LogP contribution >= 0.6 is 0 Å². The first-order valence-electron chi connectivity index (χ1n) is 10.9. The van der Waals surface area contributed by atoms with Crippen molar-refractivity contribution < 1.29 is 4.79 Å². The van der Waals surface area contributed by atoms with E-state index in [0.717, 1.165) is 55.1 Å². The number of rotatable bonds is 8. The lowest BCUT2D eigenvalue weighted by atomic mass is 9.90. The molecule has 9 nitrogen and oxygen atoms in total. The number of amides is 1. The third-order valence-corrected chi connectivity index (χ3v) is 5.49. The van der Waals surface area contributed by atoms with Crippen LogP contribution in [0.2, 0.25) is 0 Å². The van der Waals surface area contributed by atoms with Gasteiger partial charge in [-0.05, 0) is 59.0 Å². The Hall–Kier alpha value is -2.94. The molecule has 1 aliphatic carbocycles. The van der Waals surface area contributed by atoms with Gasteiger partial charge in [-0.2, -0.15) is 0 Å². The van der Waals surface area contributed by atoms with E-state index in [1.54, 1.807) is 0 Å². The molecule has 2 atom stereocenters. The molecule has 1 aromatic carbocycles. The number of benzene rings is 1. The highest BCUT2D eigenvalue weighted by Crippen LogP contribution is 2.28. The summed E-state index contributed by atoms with van der Waals surface area (Å²) in [5.41, 5.74) is 13.1. The lowest BCUT2D eigenvalue weighted by molar-refractivity contribution is 0.0942. The fourth-order valence-electron chi connectivity index (χ4n) is 3.93. The summed E-state index contributed by atoms with van der Waals surface area (Å²) < 4.78 is 0. The monoisotopic (exact) mass is 426 g/mol. The minimum absolute atomic E-state index is 0.0168. The number of fused-ring (bicyclic) bond motifs is 1. The summed E-state index contributed by atoms with van der Waals surface area (Å²) in [7, 11) is 4.02. The molecular formula is C22H34N8O. The zero-order chi connectivity index (χ0) is 22.4. The number of aliphatic imine (C=N–C) groups is 1. The maximum atomic E-state index is 12.7. The van der Waals surface area contributed by atoms with E-state index < -0.39 is 0 Å². The Bertz CT molecular complexity index is 938. The predicted molar refractivity (Wildman–Crippen MR) is 125 cm³/mol. The number of nitrogens with two attached hydrogens (primary N) is 2. The van der Waals surface area contributed by atoms with E-state index in [1.165, 1.54) is 0 Å². The van der Waals surface area contributed by atoms with Crippen LogP contribution in [0.1, 0.15) is 48.3 Å². The molecule has 0 bridgehead atoms. The first kappa shape index (κ1) is 22.7. The van der Waals surface area contributed by atoms with Gasteiger partial charge < -0.3 is 27.0 Å². The molecule has 0 saturated heterocycles. The number of guanidine groups is 1. The standard InChI is InChI=1S/C22H34N8O/c1-14-9-10-16-15(13-14)19(27-17-7-4-5-8-18(17)28-22(23)24)29-20(26-16)21(31)25-11-6-12-30(2)3/h9-10,13,17-18H,4-8,11-12H2,1-3H3,(H,25,31)(H4,23,24,28)(H,26,27,29). The van der Waals surface area contributed by atoms with E-state index in [2.05, 4.69) is 30.5 Å². The average Bonchev–Trinajstić information content (AvgIpc) is 2.72. The molecule has 0 radical (unpaired) electrons. The number of aryl methyl sites for hydroxylation is 1. The van der Waals surface area contributed by atoms with Gasteiger partial charge in [0.2, 0.25) is 5.82 Å². The topological polar surface area (TPSA) is 135 Å². The van der Waals surface area contributed by atoms with Gasteiger partial charge in [0.1, 0.15) is 5.82 Å². The van der Waals surface area contributed by atoms with Crippen molar-refractivity contribution in [3.63, 3.8) is 0 Å². The first-order valence-corrected chi connectivity index (χ1v) is 10.9. The van der Waals surface area contributed by atoms with Crippen molar-refractivity contribution in [2.75, 3.05) is 32.5 Å². The number of carbonyl (C=O) groups excluding carboxylic acids is 1. The number of nitrogens with zero attached hydrogens (tertiary/aromatic N) is 4. The van der Waals surface area contributed by atoms with Gasteiger partial charge in [0.25, 0.3) is 5.91 Å². The van der Waals surface area contributed by atoms with Crippen LogP contribution in [-0.2, 0) is 0 Å². The number of aromatic nitrogens is 2. The Kier molecular flexibility index (Phi) is 7.62. The molecule has 1 fully saturated rings. The van der Waals surface area contributed by atoms with Gasteiger partial charge in [0.05, 0.1) is 17.6 Å². The van der Waals surface area contributed by atoms with Gasteiger partial charge in [-0.3, -0.25) is 4.79 Å². The van der Waals surface area contributed by atoms with E-state index in [9.17, 15) is 4.79 Å². The van der Waals surface area contributed by atoms with Gasteiger partial charge in [-0.25, -0.2) is 15.0 Å². The minimum atomic E-state index is -0.270.